The van der Waals surface area contributed by atoms with Crippen molar-refractivity contribution in [2.24, 2.45) is 0 Å². The monoisotopic (exact) mass is 238 g/mol. The third-order valence-electron chi connectivity index (χ3n) is 2.22. The van der Waals surface area contributed by atoms with Crippen LogP contribution in [0.2, 0.25) is 0 Å². The number of aromatic nitrogens is 1. The number of rotatable bonds is 8. The Kier molecular flexibility index (Phi) is 5.94. The molecule has 0 fully saturated rings. The molecule has 0 saturated carbocycles. The Morgan fingerprint density at radius 1 is 1.59 bits per heavy atom. The molecule has 96 valence electrons. The molecule has 1 heterocycles. The maximum Gasteiger partial charge on any atom is 0.162 e. The second kappa shape index (κ2) is 7.25. The first-order valence-electron chi connectivity index (χ1n) is 5.98. The smallest absolute Gasteiger partial charge is 0.162 e. The largest absolute Gasteiger partial charge is 0.373 e. The molecule has 0 aliphatic heterocycles. The van der Waals surface area contributed by atoms with E-state index in [1.54, 1.807) is 0 Å². The van der Waals surface area contributed by atoms with Gasteiger partial charge in [-0.25, -0.2) is 0 Å². The molecule has 17 heavy (non-hydrogen) atoms. The summed E-state index contributed by atoms with van der Waals surface area (Å²) in [6.07, 6.45) is 0.885. The number of ether oxygens (including phenoxy) is 1. The quantitative estimate of drug-likeness (QED) is 0.558. The van der Waals surface area contributed by atoms with Gasteiger partial charge in [-0.1, -0.05) is 24.6 Å². The predicted octanol–water partition coefficient (Wildman–Crippen LogP) is 2.66. The molecule has 0 saturated heterocycles. The number of hydrogen-bond acceptors (Lipinski definition) is 4. The van der Waals surface area contributed by atoms with E-state index in [0.717, 1.165) is 30.0 Å². The Balaban J connectivity index is 2.23. The lowest BCUT2D eigenvalue weighted by molar-refractivity contribution is 0.104. The third-order valence-corrected chi connectivity index (χ3v) is 2.22. The van der Waals surface area contributed by atoms with Gasteiger partial charge in [0.25, 0.3) is 0 Å². The second-order valence-corrected chi connectivity index (χ2v) is 4.58. The zero-order valence-electron chi connectivity index (χ0n) is 11.0. The zero-order chi connectivity index (χ0) is 12.7. The van der Waals surface area contributed by atoms with E-state index in [1.807, 2.05) is 13.0 Å². The summed E-state index contributed by atoms with van der Waals surface area (Å²) in [4.78, 5) is 0. The maximum absolute atomic E-state index is 5.45. The molecule has 1 aromatic heterocycles. The number of nitrogens with zero attached hydrogens (tertiary/aromatic N) is 1. The molecule has 4 nitrogen and oxygen atoms in total. The van der Waals surface area contributed by atoms with E-state index in [1.165, 1.54) is 0 Å². The first-order chi connectivity index (χ1) is 8.08. The van der Waals surface area contributed by atoms with Crippen LogP contribution < -0.4 is 5.32 Å². The van der Waals surface area contributed by atoms with Gasteiger partial charge in [-0.3, -0.25) is 0 Å². The van der Waals surface area contributed by atoms with Crippen molar-refractivity contribution in [2.45, 2.75) is 46.4 Å². The molecule has 1 N–H and O–H groups in total. The van der Waals surface area contributed by atoms with Crippen molar-refractivity contribution < 1.29 is 9.26 Å². The lowest BCUT2D eigenvalue weighted by Gasteiger charge is -2.03. The van der Waals surface area contributed by atoms with Crippen LogP contribution in [0.25, 0.3) is 0 Å². The Morgan fingerprint density at radius 2 is 2.35 bits per heavy atom. The Hall–Kier alpha value is -1.13. The Labute approximate surface area is 103 Å². The van der Waals surface area contributed by atoms with Gasteiger partial charge < -0.3 is 14.6 Å². The molecule has 1 rings (SSSR count). The van der Waals surface area contributed by atoms with Crippen molar-refractivity contribution >= 4 is 0 Å². The summed E-state index contributed by atoms with van der Waals surface area (Å²) in [7, 11) is 0. The first-order valence-corrected chi connectivity index (χ1v) is 5.98. The van der Waals surface area contributed by atoms with Crippen LogP contribution in [-0.2, 0) is 17.9 Å². The van der Waals surface area contributed by atoms with E-state index >= 15 is 0 Å². The van der Waals surface area contributed by atoms with E-state index in [4.69, 9.17) is 9.26 Å². The second-order valence-electron chi connectivity index (χ2n) is 4.58. The fourth-order valence-electron chi connectivity index (χ4n) is 1.23. The van der Waals surface area contributed by atoms with E-state index < -0.39 is 0 Å². The van der Waals surface area contributed by atoms with E-state index in [2.05, 4.69) is 30.9 Å². The summed E-state index contributed by atoms with van der Waals surface area (Å²) in [5.41, 5.74) is 2.04. The highest BCUT2D eigenvalue weighted by Gasteiger charge is 2.04. The summed E-state index contributed by atoms with van der Waals surface area (Å²) >= 11 is 0. The van der Waals surface area contributed by atoms with Crippen LogP contribution in [0.4, 0.5) is 0 Å². The molecule has 0 aliphatic carbocycles. The van der Waals surface area contributed by atoms with E-state index in [9.17, 15) is 0 Å². The van der Waals surface area contributed by atoms with Gasteiger partial charge in [0.15, 0.2) is 5.76 Å². The molecule has 0 aliphatic rings. The molecule has 0 radical (unpaired) electrons. The molecule has 0 aromatic carbocycles. The molecule has 4 heteroatoms. The zero-order valence-corrected chi connectivity index (χ0v) is 11.0. The molecular weight excluding hydrogens is 216 g/mol. The van der Waals surface area contributed by atoms with Gasteiger partial charge in [0, 0.05) is 18.7 Å². The van der Waals surface area contributed by atoms with Crippen LogP contribution in [0.1, 0.15) is 38.6 Å². The summed E-state index contributed by atoms with van der Waals surface area (Å²) in [6.45, 7) is 11.9. The fourth-order valence-corrected chi connectivity index (χ4v) is 1.23. The van der Waals surface area contributed by atoms with Crippen LogP contribution in [0.15, 0.2) is 22.7 Å². The van der Waals surface area contributed by atoms with Crippen molar-refractivity contribution in [3.63, 3.8) is 0 Å². The SMILES string of the molecule is C=C(C)CCOCc1cc(CNC(C)C)no1. The van der Waals surface area contributed by atoms with E-state index in [0.29, 0.717) is 19.3 Å². The van der Waals surface area contributed by atoms with Gasteiger partial charge in [0.2, 0.25) is 0 Å². The fraction of sp³-hybridized carbons (Fsp3) is 0.615. The molecule has 0 unspecified atom stereocenters. The standard InChI is InChI=1S/C13H22N2O2/c1-10(2)5-6-16-9-13-7-12(15-17-13)8-14-11(3)4/h7,11,14H,1,5-6,8-9H2,2-4H3. The highest BCUT2D eigenvalue weighted by molar-refractivity contribution is 5.04. The highest BCUT2D eigenvalue weighted by Crippen LogP contribution is 2.06. The predicted molar refractivity (Wildman–Crippen MR) is 67.6 cm³/mol. The first kappa shape index (κ1) is 13.9. The lowest BCUT2D eigenvalue weighted by Crippen LogP contribution is -2.21. The topological polar surface area (TPSA) is 47.3 Å². The van der Waals surface area contributed by atoms with Crippen LogP contribution in [0, 0.1) is 0 Å². The number of hydrogen-bond donors (Lipinski definition) is 1. The average Bonchev–Trinajstić information content (AvgIpc) is 2.69. The van der Waals surface area contributed by atoms with Gasteiger partial charge in [0.05, 0.1) is 12.3 Å². The van der Waals surface area contributed by atoms with Crippen LogP contribution >= 0.6 is 0 Å². The molecule has 0 atom stereocenters. The van der Waals surface area contributed by atoms with Crippen molar-refractivity contribution in [3.8, 4) is 0 Å². The van der Waals surface area contributed by atoms with Gasteiger partial charge >= 0.3 is 0 Å². The molecule has 0 spiro atoms. The minimum absolute atomic E-state index is 0.446. The minimum Gasteiger partial charge on any atom is -0.373 e. The maximum atomic E-state index is 5.45. The minimum atomic E-state index is 0.446. The van der Waals surface area contributed by atoms with Crippen molar-refractivity contribution in [2.75, 3.05) is 6.61 Å². The van der Waals surface area contributed by atoms with Gasteiger partial charge in [0.1, 0.15) is 6.61 Å². The highest BCUT2D eigenvalue weighted by atomic mass is 16.5. The lowest BCUT2D eigenvalue weighted by atomic mass is 10.3. The Morgan fingerprint density at radius 3 is 3.00 bits per heavy atom. The molecule has 0 amide bonds. The summed E-state index contributed by atoms with van der Waals surface area (Å²) in [5.74, 6) is 0.771. The van der Waals surface area contributed by atoms with Crippen LogP contribution in [0.5, 0.6) is 0 Å². The summed E-state index contributed by atoms with van der Waals surface area (Å²) in [6, 6.07) is 2.37. The van der Waals surface area contributed by atoms with Gasteiger partial charge in [-0.15, -0.1) is 6.58 Å². The third kappa shape index (κ3) is 6.24. The van der Waals surface area contributed by atoms with Crippen LogP contribution in [-0.4, -0.2) is 17.8 Å². The van der Waals surface area contributed by atoms with E-state index in [-0.39, 0.29) is 0 Å². The van der Waals surface area contributed by atoms with Crippen molar-refractivity contribution in [3.05, 3.63) is 29.7 Å². The normalized spacial score (nSPS) is 11.1. The molecular formula is C13H22N2O2. The van der Waals surface area contributed by atoms with Crippen molar-refractivity contribution in [1.82, 2.24) is 10.5 Å². The average molecular weight is 238 g/mol. The number of nitrogens with one attached hydrogen (secondary N) is 1. The molecule has 1 aromatic rings. The summed E-state index contributed by atoms with van der Waals surface area (Å²) < 4.78 is 10.6. The summed E-state index contributed by atoms with van der Waals surface area (Å²) in [5, 5.41) is 7.25. The Bertz CT molecular complexity index is 345. The van der Waals surface area contributed by atoms with Crippen LogP contribution in [0.3, 0.4) is 0 Å². The van der Waals surface area contributed by atoms with Gasteiger partial charge in [-0.2, -0.15) is 0 Å². The van der Waals surface area contributed by atoms with Gasteiger partial charge in [-0.05, 0) is 13.3 Å². The molecule has 0 bridgehead atoms. The van der Waals surface area contributed by atoms with Crippen molar-refractivity contribution in [1.29, 1.82) is 0 Å².